The van der Waals surface area contributed by atoms with Crippen LogP contribution in [0.1, 0.15) is 18.4 Å². The van der Waals surface area contributed by atoms with E-state index in [1.165, 1.54) is 0 Å². The Kier molecular flexibility index (Phi) is 3.03. The van der Waals surface area contributed by atoms with Crippen molar-refractivity contribution in [3.8, 4) is 0 Å². The Morgan fingerprint density at radius 1 is 1.11 bits per heavy atom. The second-order valence-corrected chi connectivity index (χ2v) is 4.77. The molecule has 3 nitrogen and oxygen atoms in total. The summed E-state index contributed by atoms with van der Waals surface area (Å²) in [6, 6.07) is 10.1. The van der Waals surface area contributed by atoms with Crippen molar-refractivity contribution in [2.75, 3.05) is 13.6 Å². The van der Waals surface area contributed by atoms with E-state index in [1.54, 1.807) is 4.90 Å². The zero-order valence-corrected chi connectivity index (χ0v) is 11.0. The molecule has 1 aliphatic heterocycles. The van der Waals surface area contributed by atoms with E-state index in [0.29, 0.717) is 0 Å². The summed E-state index contributed by atoms with van der Waals surface area (Å²) in [5.41, 5.74) is 4.09. The smallest absolute Gasteiger partial charge is 0.248 e. The normalized spacial score (nSPS) is 19.1. The maximum Gasteiger partial charge on any atom is 0.248 e. The van der Waals surface area contributed by atoms with Crippen LogP contribution in [0.5, 0.6) is 0 Å². The highest BCUT2D eigenvalue weighted by atomic mass is 16.2. The molecule has 0 bridgehead atoms. The number of aliphatic imine (C=N–C) groups is 1. The van der Waals surface area contributed by atoms with Crippen LogP contribution >= 0.6 is 0 Å². The summed E-state index contributed by atoms with van der Waals surface area (Å²) in [7, 11) is 1.83. The van der Waals surface area contributed by atoms with Gasteiger partial charge in [-0.15, -0.1) is 0 Å². The number of carbonyl (C=O) groups is 1. The van der Waals surface area contributed by atoms with E-state index in [4.69, 9.17) is 0 Å². The molecule has 96 valence electrons. The molecule has 1 aliphatic carbocycles. The van der Waals surface area contributed by atoms with E-state index in [9.17, 15) is 4.79 Å². The number of benzene rings is 1. The lowest BCUT2D eigenvalue weighted by molar-refractivity contribution is -0.126. The standard InChI is InChI=1S/C16H16N2O/c1-18-14-10-6-5-9-13(14)16(17-11-15(18)19)12-7-3-2-4-8-12/h2-4,7-10H,5-6,11H2,1H3. The van der Waals surface area contributed by atoms with Crippen LogP contribution in [0.3, 0.4) is 0 Å². The molecule has 0 saturated heterocycles. The summed E-state index contributed by atoms with van der Waals surface area (Å²) in [4.78, 5) is 18.2. The number of amides is 1. The van der Waals surface area contributed by atoms with Gasteiger partial charge in [-0.1, -0.05) is 42.5 Å². The Morgan fingerprint density at radius 2 is 1.84 bits per heavy atom. The van der Waals surface area contributed by atoms with E-state index in [-0.39, 0.29) is 12.5 Å². The minimum atomic E-state index is 0.0463. The highest BCUT2D eigenvalue weighted by Crippen LogP contribution is 2.27. The third kappa shape index (κ3) is 2.12. The Morgan fingerprint density at radius 3 is 2.63 bits per heavy atom. The number of hydrogen-bond donors (Lipinski definition) is 0. The predicted molar refractivity (Wildman–Crippen MR) is 76.0 cm³/mol. The first-order valence-electron chi connectivity index (χ1n) is 6.55. The molecule has 2 aliphatic rings. The zero-order chi connectivity index (χ0) is 13.2. The Labute approximate surface area is 113 Å². The topological polar surface area (TPSA) is 32.7 Å². The van der Waals surface area contributed by atoms with E-state index >= 15 is 0 Å². The maximum atomic E-state index is 12.0. The van der Waals surface area contributed by atoms with Gasteiger partial charge in [0.2, 0.25) is 5.91 Å². The van der Waals surface area contributed by atoms with Crippen molar-refractivity contribution in [1.82, 2.24) is 4.90 Å². The third-order valence-corrected chi connectivity index (χ3v) is 3.54. The summed E-state index contributed by atoms with van der Waals surface area (Å²) in [5.74, 6) is 0.0463. The van der Waals surface area contributed by atoms with Crippen molar-refractivity contribution in [1.29, 1.82) is 0 Å². The molecule has 0 atom stereocenters. The Bertz CT molecular complexity index is 596. The van der Waals surface area contributed by atoms with Crippen LogP contribution in [0.15, 0.2) is 58.7 Å². The molecule has 3 heteroatoms. The summed E-state index contributed by atoms with van der Waals surface area (Å²) in [6.45, 7) is 0.218. The number of rotatable bonds is 1. The Balaban J connectivity index is 2.11. The van der Waals surface area contributed by atoms with Crippen LogP contribution in [0.4, 0.5) is 0 Å². The van der Waals surface area contributed by atoms with Gasteiger partial charge in [0.05, 0.1) is 5.71 Å². The fourth-order valence-electron chi connectivity index (χ4n) is 2.51. The van der Waals surface area contributed by atoms with E-state index in [0.717, 1.165) is 35.4 Å². The van der Waals surface area contributed by atoms with Crippen LogP contribution in [-0.2, 0) is 4.79 Å². The lowest BCUT2D eigenvalue weighted by atomic mass is 9.94. The third-order valence-electron chi connectivity index (χ3n) is 3.54. The largest absolute Gasteiger partial charge is 0.314 e. The summed E-state index contributed by atoms with van der Waals surface area (Å²) < 4.78 is 0. The van der Waals surface area contributed by atoms with Gasteiger partial charge in [0.25, 0.3) is 0 Å². The average Bonchev–Trinajstić information content (AvgIpc) is 2.59. The van der Waals surface area contributed by atoms with Crippen LogP contribution in [0.2, 0.25) is 0 Å². The van der Waals surface area contributed by atoms with Crippen molar-refractivity contribution in [3.63, 3.8) is 0 Å². The van der Waals surface area contributed by atoms with Crippen molar-refractivity contribution in [3.05, 3.63) is 59.3 Å². The fourth-order valence-corrected chi connectivity index (χ4v) is 2.51. The molecule has 0 aromatic heterocycles. The minimum absolute atomic E-state index is 0.0463. The molecule has 0 N–H and O–H groups in total. The first-order valence-corrected chi connectivity index (χ1v) is 6.55. The molecule has 0 spiro atoms. The van der Waals surface area contributed by atoms with Gasteiger partial charge in [-0.2, -0.15) is 0 Å². The van der Waals surface area contributed by atoms with Crippen molar-refractivity contribution in [2.45, 2.75) is 12.8 Å². The number of carbonyl (C=O) groups excluding carboxylic acids is 1. The summed E-state index contributed by atoms with van der Waals surface area (Å²) >= 11 is 0. The summed E-state index contributed by atoms with van der Waals surface area (Å²) in [5, 5.41) is 0. The number of hydrogen-bond acceptors (Lipinski definition) is 2. The molecule has 1 aromatic carbocycles. The van der Waals surface area contributed by atoms with E-state index in [1.807, 2.05) is 37.4 Å². The molecule has 1 aromatic rings. The summed E-state index contributed by atoms with van der Waals surface area (Å²) in [6.07, 6.45) is 6.32. The van der Waals surface area contributed by atoms with Gasteiger partial charge >= 0.3 is 0 Å². The molecular formula is C16H16N2O. The molecule has 1 heterocycles. The fraction of sp³-hybridized carbons (Fsp3) is 0.250. The SMILES string of the molecule is CN1C(=O)CN=C(c2ccccc2)C2=CCCC=C21. The monoisotopic (exact) mass is 252 g/mol. The lowest BCUT2D eigenvalue weighted by Gasteiger charge is -2.23. The Hall–Kier alpha value is -2.16. The molecule has 0 radical (unpaired) electrons. The quantitative estimate of drug-likeness (QED) is 0.756. The molecule has 0 fully saturated rings. The van der Waals surface area contributed by atoms with Gasteiger partial charge in [0.1, 0.15) is 6.54 Å². The molecule has 19 heavy (non-hydrogen) atoms. The van der Waals surface area contributed by atoms with Crippen molar-refractivity contribution < 1.29 is 4.79 Å². The van der Waals surface area contributed by atoms with Gasteiger partial charge in [0, 0.05) is 23.9 Å². The number of likely N-dealkylation sites (N-methyl/N-ethyl adjacent to an activating group) is 1. The second-order valence-electron chi connectivity index (χ2n) is 4.77. The molecule has 0 saturated carbocycles. The molecule has 1 amide bonds. The van der Waals surface area contributed by atoms with Crippen molar-refractivity contribution in [2.24, 2.45) is 4.99 Å². The number of allylic oxidation sites excluding steroid dienone is 3. The predicted octanol–water partition coefficient (Wildman–Crippen LogP) is 2.55. The minimum Gasteiger partial charge on any atom is -0.314 e. The first kappa shape index (κ1) is 11.9. The highest BCUT2D eigenvalue weighted by Gasteiger charge is 2.25. The molecular weight excluding hydrogens is 236 g/mol. The second kappa shape index (κ2) is 4.84. The zero-order valence-electron chi connectivity index (χ0n) is 11.0. The number of nitrogens with zero attached hydrogens (tertiary/aromatic N) is 2. The lowest BCUT2D eigenvalue weighted by Crippen LogP contribution is -2.28. The van der Waals surface area contributed by atoms with Gasteiger partial charge in [-0.05, 0) is 12.8 Å². The van der Waals surface area contributed by atoms with Gasteiger partial charge in [-0.25, -0.2) is 0 Å². The highest BCUT2D eigenvalue weighted by molar-refractivity contribution is 6.17. The first-order chi connectivity index (χ1) is 9.27. The van der Waals surface area contributed by atoms with Crippen molar-refractivity contribution >= 4 is 11.6 Å². The van der Waals surface area contributed by atoms with Gasteiger partial charge < -0.3 is 4.90 Å². The number of fused-ring (bicyclic) bond motifs is 1. The van der Waals surface area contributed by atoms with E-state index < -0.39 is 0 Å². The van der Waals surface area contributed by atoms with Crippen LogP contribution in [0, 0.1) is 0 Å². The van der Waals surface area contributed by atoms with Crippen LogP contribution < -0.4 is 0 Å². The molecule has 0 unspecified atom stereocenters. The average molecular weight is 252 g/mol. The van der Waals surface area contributed by atoms with Crippen LogP contribution in [0.25, 0.3) is 0 Å². The van der Waals surface area contributed by atoms with E-state index in [2.05, 4.69) is 17.1 Å². The maximum absolute atomic E-state index is 12.0. The molecule has 3 rings (SSSR count). The van der Waals surface area contributed by atoms with Gasteiger partial charge in [0.15, 0.2) is 0 Å². The van der Waals surface area contributed by atoms with Gasteiger partial charge in [-0.3, -0.25) is 9.79 Å². The van der Waals surface area contributed by atoms with Crippen LogP contribution in [-0.4, -0.2) is 30.1 Å².